The molecule has 0 saturated carbocycles. The summed E-state index contributed by atoms with van der Waals surface area (Å²) in [7, 11) is 0.0603. The fraction of sp³-hybridized carbons (Fsp3) is 0.300. The number of thiophene rings is 1. The third-order valence-corrected chi connectivity index (χ3v) is 8.27. The molecule has 0 amide bonds. The summed E-state index contributed by atoms with van der Waals surface area (Å²) in [6, 6.07) is 9.97. The standard InChI is InChI=1S/C20H22N6O2S2/c1-24-8-10-26(11-9-24)15-5-3-14(4-6-15)22-20-21-13-17-18(23-20)19-16(7-12-29-19)25(2)30(17,27)28/h3-7,12-13H,8-11H2,1-2H3,(H,21,22,23). The molecule has 30 heavy (non-hydrogen) atoms. The van der Waals surface area contributed by atoms with Gasteiger partial charge in [-0.05, 0) is 42.8 Å². The largest absolute Gasteiger partial charge is 0.369 e. The maximum atomic E-state index is 12.8. The molecule has 2 aliphatic rings. The first kappa shape index (κ1) is 19.3. The van der Waals surface area contributed by atoms with Gasteiger partial charge in [-0.15, -0.1) is 11.3 Å². The molecule has 0 bridgehead atoms. The third-order valence-electron chi connectivity index (χ3n) is 5.58. The van der Waals surface area contributed by atoms with Crippen molar-refractivity contribution < 1.29 is 8.42 Å². The van der Waals surface area contributed by atoms with E-state index in [-0.39, 0.29) is 4.90 Å². The van der Waals surface area contributed by atoms with Gasteiger partial charge in [-0.3, -0.25) is 4.31 Å². The van der Waals surface area contributed by atoms with Crippen LogP contribution in [0.25, 0.3) is 10.6 Å². The summed E-state index contributed by atoms with van der Waals surface area (Å²) < 4.78 is 26.8. The molecule has 3 aromatic rings. The average molecular weight is 443 g/mol. The Morgan fingerprint density at radius 3 is 2.50 bits per heavy atom. The Balaban J connectivity index is 1.40. The molecular weight excluding hydrogens is 420 g/mol. The second-order valence-electron chi connectivity index (χ2n) is 7.48. The monoisotopic (exact) mass is 442 g/mol. The van der Waals surface area contributed by atoms with E-state index in [0.717, 1.165) is 36.7 Å². The van der Waals surface area contributed by atoms with Crippen LogP contribution in [0.2, 0.25) is 0 Å². The van der Waals surface area contributed by atoms with E-state index in [2.05, 4.69) is 44.3 Å². The van der Waals surface area contributed by atoms with E-state index in [1.807, 2.05) is 17.5 Å². The van der Waals surface area contributed by atoms with Gasteiger partial charge in [0.2, 0.25) is 5.95 Å². The maximum Gasteiger partial charge on any atom is 0.267 e. The van der Waals surface area contributed by atoms with Crippen molar-refractivity contribution in [3.05, 3.63) is 41.9 Å². The van der Waals surface area contributed by atoms with Crippen LogP contribution < -0.4 is 14.5 Å². The van der Waals surface area contributed by atoms with Gasteiger partial charge in [-0.2, -0.15) is 0 Å². The van der Waals surface area contributed by atoms with Gasteiger partial charge in [0.1, 0.15) is 10.6 Å². The molecule has 2 aromatic heterocycles. The Hall–Kier alpha value is -2.69. The van der Waals surface area contributed by atoms with Crippen molar-refractivity contribution in [3.8, 4) is 10.6 Å². The number of sulfonamides is 1. The Labute approximate surface area is 179 Å². The van der Waals surface area contributed by atoms with Crippen LogP contribution in [-0.2, 0) is 10.0 Å². The minimum Gasteiger partial charge on any atom is -0.369 e. The van der Waals surface area contributed by atoms with Gasteiger partial charge in [0.25, 0.3) is 10.0 Å². The van der Waals surface area contributed by atoms with Crippen molar-refractivity contribution >= 4 is 44.4 Å². The van der Waals surface area contributed by atoms with E-state index >= 15 is 0 Å². The lowest BCUT2D eigenvalue weighted by Gasteiger charge is -2.34. The average Bonchev–Trinajstić information content (AvgIpc) is 3.24. The smallest absolute Gasteiger partial charge is 0.267 e. The molecule has 1 fully saturated rings. The number of nitrogens with zero attached hydrogens (tertiary/aromatic N) is 5. The lowest BCUT2D eigenvalue weighted by molar-refractivity contribution is 0.313. The van der Waals surface area contributed by atoms with Gasteiger partial charge in [0.15, 0.2) is 0 Å². The molecule has 1 saturated heterocycles. The Morgan fingerprint density at radius 2 is 1.77 bits per heavy atom. The van der Waals surface area contributed by atoms with Crippen molar-refractivity contribution in [2.75, 3.05) is 54.8 Å². The number of hydrogen-bond acceptors (Lipinski definition) is 8. The van der Waals surface area contributed by atoms with Crippen molar-refractivity contribution in [2.45, 2.75) is 4.90 Å². The highest BCUT2D eigenvalue weighted by Gasteiger charge is 2.35. The fourth-order valence-corrected chi connectivity index (χ4v) is 6.07. The predicted molar refractivity (Wildman–Crippen MR) is 120 cm³/mol. The van der Waals surface area contributed by atoms with Gasteiger partial charge in [-0.1, -0.05) is 0 Å². The summed E-state index contributed by atoms with van der Waals surface area (Å²) in [6.07, 6.45) is 1.39. The maximum absolute atomic E-state index is 12.8. The second kappa shape index (κ2) is 7.22. The van der Waals surface area contributed by atoms with Crippen molar-refractivity contribution in [2.24, 2.45) is 0 Å². The summed E-state index contributed by atoms with van der Waals surface area (Å²) in [5.41, 5.74) is 3.14. The van der Waals surface area contributed by atoms with Crippen LogP contribution in [-0.4, -0.2) is 63.6 Å². The summed E-state index contributed by atoms with van der Waals surface area (Å²) in [6.45, 7) is 4.16. The van der Waals surface area contributed by atoms with Crippen molar-refractivity contribution in [1.82, 2.24) is 14.9 Å². The molecule has 156 valence electrons. The first-order valence-electron chi connectivity index (χ1n) is 9.68. The van der Waals surface area contributed by atoms with Crippen LogP contribution in [0, 0.1) is 0 Å². The Kier molecular flexibility index (Phi) is 4.64. The SMILES string of the molecule is CN1CCN(c2ccc(Nc3ncc4c(n3)-c3sccc3N(C)S4(=O)=O)cc2)CC1. The first-order valence-corrected chi connectivity index (χ1v) is 12.0. The molecule has 1 aromatic carbocycles. The van der Waals surface area contributed by atoms with Gasteiger partial charge in [0, 0.05) is 44.6 Å². The van der Waals surface area contributed by atoms with Crippen LogP contribution in [0.1, 0.15) is 0 Å². The van der Waals surface area contributed by atoms with Gasteiger partial charge >= 0.3 is 0 Å². The molecule has 5 rings (SSSR count). The number of nitrogens with one attached hydrogen (secondary N) is 1. The Bertz CT molecular complexity index is 1180. The third kappa shape index (κ3) is 3.21. The highest BCUT2D eigenvalue weighted by molar-refractivity contribution is 7.93. The van der Waals surface area contributed by atoms with Crippen LogP contribution in [0.15, 0.2) is 46.8 Å². The topological polar surface area (TPSA) is 81.7 Å². The lowest BCUT2D eigenvalue weighted by atomic mass is 10.2. The second-order valence-corrected chi connectivity index (χ2v) is 10.3. The van der Waals surface area contributed by atoms with E-state index in [9.17, 15) is 8.42 Å². The highest BCUT2D eigenvalue weighted by Crippen LogP contribution is 2.44. The van der Waals surface area contributed by atoms with E-state index in [1.54, 1.807) is 13.1 Å². The van der Waals surface area contributed by atoms with E-state index in [1.165, 1.54) is 27.5 Å². The van der Waals surface area contributed by atoms with Crippen LogP contribution in [0.4, 0.5) is 23.0 Å². The Morgan fingerprint density at radius 1 is 1.03 bits per heavy atom. The predicted octanol–water partition coefficient (Wildman–Crippen LogP) is 2.84. The minimum atomic E-state index is -3.64. The van der Waals surface area contributed by atoms with Gasteiger partial charge in [-0.25, -0.2) is 18.4 Å². The van der Waals surface area contributed by atoms with E-state index < -0.39 is 10.0 Å². The molecule has 10 heteroatoms. The zero-order valence-corrected chi connectivity index (χ0v) is 18.4. The molecular formula is C20H22N6O2S2. The lowest BCUT2D eigenvalue weighted by Crippen LogP contribution is -2.44. The zero-order valence-electron chi connectivity index (χ0n) is 16.7. The molecule has 0 spiro atoms. The summed E-state index contributed by atoms with van der Waals surface area (Å²) in [4.78, 5) is 14.5. The number of aromatic nitrogens is 2. The molecule has 8 nitrogen and oxygen atoms in total. The zero-order chi connectivity index (χ0) is 20.9. The van der Waals surface area contributed by atoms with Crippen LogP contribution >= 0.6 is 11.3 Å². The minimum absolute atomic E-state index is 0.135. The molecule has 0 unspecified atom stereocenters. The number of likely N-dealkylation sites (N-methyl/N-ethyl adjacent to an activating group) is 1. The quantitative estimate of drug-likeness (QED) is 0.668. The summed E-state index contributed by atoms with van der Waals surface area (Å²) >= 11 is 1.47. The van der Waals surface area contributed by atoms with E-state index in [4.69, 9.17) is 0 Å². The highest BCUT2D eigenvalue weighted by atomic mass is 32.2. The van der Waals surface area contributed by atoms with Gasteiger partial charge < -0.3 is 15.1 Å². The number of rotatable bonds is 3. The number of benzene rings is 1. The number of hydrogen-bond donors (Lipinski definition) is 1. The number of fused-ring (bicyclic) bond motifs is 3. The van der Waals surface area contributed by atoms with Crippen LogP contribution in [0.3, 0.4) is 0 Å². The number of anilines is 4. The van der Waals surface area contributed by atoms with E-state index in [0.29, 0.717) is 17.3 Å². The summed E-state index contributed by atoms with van der Waals surface area (Å²) in [5.74, 6) is 0.375. The van der Waals surface area contributed by atoms with Crippen molar-refractivity contribution in [3.63, 3.8) is 0 Å². The molecule has 2 aliphatic heterocycles. The molecule has 1 N–H and O–H groups in total. The first-order chi connectivity index (χ1) is 14.4. The normalized spacial score (nSPS) is 18.1. The molecule has 0 radical (unpaired) electrons. The van der Waals surface area contributed by atoms with Crippen molar-refractivity contribution in [1.29, 1.82) is 0 Å². The van der Waals surface area contributed by atoms with Crippen LogP contribution in [0.5, 0.6) is 0 Å². The molecule has 4 heterocycles. The molecule has 0 atom stereocenters. The fourth-order valence-electron chi connectivity index (χ4n) is 3.74. The molecule has 0 aliphatic carbocycles. The summed E-state index contributed by atoms with van der Waals surface area (Å²) in [5, 5.41) is 5.07. The number of piperazine rings is 1. The van der Waals surface area contributed by atoms with Gasteiger partial charge in [0.05, 0.1) is 16.8 Å².